The summed E-state index contributed by atoms with van der Waals surface area (Å²) in [6, 6.07) is 4.49. The van der Waals surface area contributed by atoms with Crippen LogP contribution < -0.4 is 5.73 Å². The lowest BCUT2D eigenvalue weighted by molar-refractivity contribution is -0.0669. The van der Waals surface area contributed by atoms with Gasteiger partial charge in [0.15, 0.2) is 0 Å². The molecule has 2 nitrogen and oxygen atoms in total. The Hall–Kier alpha value is -0.410. The quantitative estimate of drug-likeness (QED) is 0.909. The molecular formula is C17H23BrN2. The van der Waals surface area contributed by atoms with Crippen molar-refractivity contribution < 1.29 is 0 Å². The molecule has 0 saturated heterocycles. The first-order valence-corrected chi connectivity index (χ1v) is 8.78. The van der Waals surface area contributed by atoms with E-state index in [2.05, 4.69) is 33.0 Å². The van der Waals surface area contributed by atoms with Gasteiger partial charge in [-0.1, -0.05) is 0 Å². The van der Waals surface area contributed by atoms with E-state index in [0.717, 1.165) is 34.3 Å². The lowest BCUT2D eigenvalue weighted by Crippen LogP contribution is -2.55. The van der Waals surface area contributed by atoms with Crippen molar-refractivity contribution in [2.24, 2.45) is 28.9 Å². The Morgan fingerprint density at radius 2 is 1.75 bits per heavy atom. The highest BCUT2D eigenvalue weighted by atomic mass is 79.9. The summed E-state index contributed by atoms with van der Waals surface area (Å²) in [5, 5.41) is 0. The van der Waals surface area contributed by atoms with Crippen molar-refractivity contribution in [3.63, 3.8) is 0 Å². The van der Waals surface area contributed by atoms with Gasteiger partial charge in [0.1, 0.15) is 0 Å². The molecule has 0 aromatic carbocycles. The molecule has 3 heteroatoms. The summed E-state index contributed by atoms with van der Waals surface area (Å²) in [5.41, 5.74) is 8.27. The Balaban J connectivity index is 1.53. The Labute approximate surface area is 129 Å². The van der Waals surface area contributed by atoms with Crippen LogP contribution in [0.2, 0.25) is 0 Å². The topological polar surface area (TPSA) is 38.9 Å². The second-order valence-electron chi connectivity index (χ2n) is 7.56. The molecule has 4 fully saturated rings. The minimum Gasteiger partial charge on any atom is -0.327 e. The average molecular weight is 335 g/mol. The number of hydrogen-bond donors (Lipinski definition) is 1. The van der Waals surface area contributed by atoms with Crippen molar-refractivity contribution in [1.82, 2.24) is 4.98 Å². The van der Waals surface area contributed by atoms with Gasteiger partial charge >= 0.3 is 0 Å². The van der Waals surface area contributed by atoms with Crippen LogP contribution in [0.15, 0.2) is 22.8 Å². The predicted molar refractivity (Wildman–Crippen MR) is 84.2 cm³/mol. The van der Waals surface area contributed by atoms with Crippen LogP contribution in [0, 0.1) is 23.2 Å². The normalized spacial score (nSPS) is 40.0. The lowest BCUT2D eigenvalue weighted by Gasteiger charge is -2.59. The van der Waals surface area contributed by atoms with Gasteiger partial charge < -0.3 is 5.73 Å². The van der Waals surface area contributed by atoms with E-state index in [9.17, 15) is 0 Å². The maximum absolute atomic E-state index is 6.69. The summed E-state index contributed by atoms with van der Waals surface area (Å²) >= 11 is 3.45. The first-order valence-electron chi connectivity index (χ1n) is 7.99. The smallest absolute Gasteiger partial charge is 0.0420 e. The predicted octanol–water partition coefficient (Wildman–Crippen LogP) is 3.93. The summed E-state index contributed by atoms with van der Waals surface area (Å²) in [7, 11) is 0. The molecule has 1 heterocycles. The molecule has 2 N–H and O–H groups in total. The van der Waals surface area contributed by atoms with Gasteiger partial charge in [0.25, 0.3) is 0 Å². The molecule has 4 aliphatic rings. The molecule has 108 valence electrons. The average Bonchev–Trinajstić information content (AvgIpc) is 2.40. The van der Waals surface area contributed by atoms with Crippen molar-refractivity contribution in [2.45, 2.75) is 51.0 Å². The van der Waals surface area contributed by atoms with E-state index >= 15 is 0 Å². The zero-order valence-electron chi connectivity index (χ0n) is 11.9. The van der Waals surface area contributed by atoms with Crippen molar-refractivity contribution in [3.05, 3.63) is 28.5 Å². The molecule has 1 aromatic heterocycles. The van der Waals surface area contributed by atoms with Gasteiger partial charge in [-0.05, 0) is 89.8 Å². The van der Waals surface area contributed by atoms with Crippen LogP contribution in [0.1, 0.15) is 44.2 Å². The van der Waals surface area contributed by atoms with E-state index in [0.29, 0.717) is 11.5 Å². The molecule has 0 spiro atoms. The maximum atomic E-state index is 6.69. The standard InChI is InChI=1S/C17H23BrN2/c18-14-1-2-15(20-10-14)6-16(19)17-7-11-3-12(8-17)5-13(4-11)9-17/h1-2,10-13,16H,3-9,19H2. The van der Waals surface area contributed by atoms with E-state index in [1.165, 1.54) is 38.5 Å². The number of nitrogens with two attached hydrogens (primary N) is 1. The minimum absolute atomic E-state index is 0.296. The van der Waals surface area contributed by atoms with Gasteiger partial charge in [-0.3, -0.25) is 4.98 Å². The first kappa shape index (κ1) is 13.3. The van der Waals surface area contributed by atoms with E-state index in [4.69, 9.17) is 5.73 Å². The fourth-order valence-electron chi connectivity index (χ4n) is 5.60. The molecule has 1 aromatic rings. The molecule has 1 unspecified atom stereocenters. The minimum atomic E-state index is 0.296. The summed E-state index contributed by atoms with van der Waals surface area (Å²) in [5.74, 6) is 2.93. The van der Waals surface area contributed by atoms with Crippen LogP contribution in [0.3, 0.4) is 0 Å². The van der Waals surface area contributed by atoms with Crippen molar-refractivity contribution in [1.29, 1.82) is 0 Å². The Kier molecular flexibility index (Phi) is 3.19. The highest BCUT2D eigenvalue weighted by Gasteiger charge is 2.53. The molecular weight excluding hydrogens is 312 g/mol. The Morgan fingerprint density at radius 3 is 2.25 bits per heavy atom. The monoisotopic (exact) mass is 334 g/mol. The van der Waals surface area contributed by atoms with Gasteiger partial charge in [-0.15, -0.1) is 0 Å². The number of hydrogen-bond acceptors (Lipinski definition) is 2. The molecule has 0 aliphatic heterocycles. The van der Waals surface area contributed by atoms with Crippen LogP contribution in [-0.4, -0.2) is 11.0 Å². The summed E-state index contributed by atoms with van der Waals surface area (Å²) < 4.78 is 1.05. The van der Waals surface area contributed by atoms with Gasteiger partial charge in [0.2, 0.25) is 0 Å². The second kappa shape index (κ2) is 4.81. The van der Waals surface area contributed by atoms with E-state index in [1.807, 2.05) is 6.20 Å². The Morgan fingerprint density at radius 1 is 1.15 bits per heavy atom. The van der Waals surface area contributed by atoms with Crippen LogP contribution in [0.25, 0.3) is 0 Å². The third-order valence-electron chi connectivity index (χ3n) is 6.09. The molecule has 20 heavy (non-hydrogen) atoms. The first-order chi connectivity index (χ1) is 9.63. The summed E-state index contributed by atoms with van der Waals surface area (Å²) in [6.45, 7) is 0. The van der Waals surface area contributed by atoms with Crippen LogP contribution in [-0.2, 0) is 6.42 Å². The van der Waals surface area contributed by atoms with Crippen LogP contribution in [0.4, 0.5) is 0 Å². The summed E-state index contributed by atoms with van der Waals surface area (Å²) in [6.07, 6.45) is 11.5. The third kappa shape index (κ3) is 2.23. The molecule has 1 atom stereocenters. The molecule has 0 amide bonds. The molecule has 4 aliphatic carbocycles. The van der Waals surface area contributed by atoms with E-state index < -0.39 is 0 Å². The maximum Gasteiger partial charge on any atom is 0.0420 e. The van der Waals surface area contributed by atoms with E-state index in [1.54, 1.807) is 0 Å². The zero-order chi connectivity index (χ0) is 13.7. The molecule has 4 saturated carbocycles. The molecule has 4 bridgehead atoms. The number of halogens is 1. The number of aromatic nitrogens is 1. The fourth-order valence-corrected chi connectivity index (χ4v) is 5.84. The zero-order valence-corrected chi connectivity index (χ0v) is 13.5. The molecule has 5 rings (SSSR count). The third-order valence-corrected chi connectivity index (χ3v) is 6.56. The van der Waals surface area contributed by atoms with Crippen LogP contribution in [0.5, 0.6) is 0 Å². The molecule has 0 radical (unpaired) electrons. The largest absolute Gasteiger partial charge is 0.327 e. The van der Waals surface area contributed by atoms with Crippen molar-refractivity contribution >= 4 is 15.9 Å². The van der Waals surface area contributed by atoms with Crippen molar-refractivity contribution in [2.75, 3.05) is 0 Å². The van der Waals surface area contributed by atoms with Gasteiger partial charge in [-0.2, -0.15) is 0 Å². The fraction of sp³-hybridized carbons (Fsp3) is 0.706. The van der Waals surface area contributed by atoms with Gasteiger partial charge in [0, 0.05) is 28.8 Å². The number of nitrogens with zero attached hydrogens (tertiary/aromatic N) is 1. The lowest BCUT2D eigenvalue weighted by atomic mass is 9.47. The number of pyridine rings is 1. The van der Waals surface area contributed by atoms with Crippen molar-refractivity contribution in [3.8, 4) is 0 Å². The van der Waals surface area contributed by atoms with Gasteiger partial charge in [-0.25, -0.2) is 0 Å². The second-order valence-corrected chi connectivity index (χ2v) is 8.47. The van der Waals surface area contributed by atoms with E-state index in [-0.39, 0.29) is 0 Å². The Bertz CT molecular complexity index is 461. The highest BCUT2D eigenvalue weighted by Crippen LogP contribution is 2.61. The highest BCUT2D eigenvalue weighted by molar-refractivity contribution is 9.10. The number of rotatable bonds is 3. The summed E-state index contributed by atoms with van der Waals surface area (Å²) in [4.78, 5) is 4.52. The van der Waals surface area contributed by atoms with Gasteiger partial charge in [0.05, 0.1) is 0 Å². The SMILES string of the molecule is NC(Cc1ccc(Br)cn1)C12CC3CC(CC(C3)C1)C2. The van der Waals surface area contributed by atoms with Crippen LogP contribution >= 0.6 is 15.9 Å².